The Morgan fingerprint density at radius 1 is 1.34 bits per heavy atom. The summed E-state index contributed by atoms with van der Waals surface area (Å²) in [5.41, 5.74) is 3.58. The molecule has 2 aromatic heterocycles. The van der Waals surface area contributed by atoms with Gasteiger partial charge in [-0.15, -0.1) is 0 Å². The fraction of sp³-hybridized carbons (Fsp3) is 0.360. The number of nitrogens with one attached hydrogen (secondary N) is 3. The fourth-order valence-corrected chi connectivity index (χ4v) is 4.51. The monoisotopic (exact) mass is 481 g/mol. The molecule has 2 aliphatic rings. The van der Waals surface area contributed by atoms with Gasteiger partial charge in [-0.2, -0.15) is 0 Å². The Labute approximate surface area is 202 Å². The maximum atomic E-state index is 14.4. The number of para-hydroxylation sites is 1. The van der Waals surface area contributed by atoms with Crippen molar-refractivity contribution >= 4 is 17.3 Å². The van der Waals surface area contributed by atoms with Crippen molar-refractivity contribution in [2.75, 3.05) is 52.3 Å². The first-order chi connectivity index (χ1) is 17.0. The Morgan fingerprint density at radius 2 is 2.23 bits per heavy atom. The lowest BCUT2D eigenvalue weighted by atomic mass is 10.0. The van der Waals surface area contributed by atoms with Crippen LogP contribution in [0.25, 0.3) is 11.3 Å². The van der Waals surface area contributed by atoms with Crippen molar-refractivity contribution in [1.82, 2.24) is 20.2 Å². The number of methoxy groups -OCH3 is 1. The second-order valence-electron chi connectivity index (χ2n) is 8.62. The van der Waals surface area contributed by atoms with Gasteiger partial charge in [-0.05, 0) is 25.2 Å². The SMILES string of the molecule is COc1c(F)cccc1Nc1c(-c2ccncc2OC[C@H]2CN(C)CCO2)[nH]c2c1C(=O)NCC2. The van der Waals surface area contributed by atoms with Crippen LogP contribution in [-0.4, -0.2) is 73.9 Å². The van der Waals surface area contributed by atoms with Crippen LogP contribution in [0.5, 0.6) is 11.5 Å². The number of pyridine rings is 1. The van der Waals surface area contributed by atoms with E-state index in [4.69, 9.17) is 14.2 Å². The number of rotatable bonds is 7. The normalized spacial score (nSPS) is 18.0. The van der Waals surface area contributed by atoms with Gasteiger partial charge in [-0.1, -0.05) is 6.07 Å². The zero-order valence-electron chi connectivity index (χ0n) is 19.7. The standard InChI is InChI=1S/C25H28FN5O4/c1-31-10-11-34-15(13-31)14-35-20-12-27-8-6-16(20)22-23(21-18(29-22)7-9-28-25(21)32)30-19-5-3-4-17(26)24(19)33-2/h3-6,8,12,15,29-30H,7,9-11,13-14H2,1-2H3,(H,28,32)/t15-/m1/s1. The number of aromatic nitrogens is 2. The Balaban J connectivity index is 1.53. The number of hydrogen-bond donors (Lipinski definition) is 3. The zero-order valence-corrected chi connectivity index (χ0v) is 19.7. The Morgan fingerprint density at radius 3 is 3.06 bits per heavy atom. The van der Waals surface area contributed by atoms with Crippen LogP contribution < -0.4 is 20.1 Å². The van der Waals surface area contributed by atoms with E-state index in [1.807, 2.05) is 6.07 Å². The molecule has 0 aliphatic carbocycles. The number of hydrogen-bond acceptors (Lipinski definition) is 7. The molecule has 1 amide bonds. The van der Waals surface area contributed by atoms with E-state index < -0.39 is 5.82 Å². The number of benzene rings is 1. The average molecular weight is 482 g/mol. The molecule has 1 aromatic carbocycles. The summed E-state index contributed by atoms with van der Waals surface area (Å²) >= 11 is 0. The number of nitrogens with zero attached hydrogens (tertiary/aromatic N) is 2. The molecule has 0 unspecified atom stereocenters. The minimum Gasteiger partial charge on any atom is -0.492 e. The van der Waals surface area contributed by atoms with Gasteiger partial charge >= 0.3 is 0 Å². The third kappa shape index (κ3) is 4.67. The molecule has 1 saturated heterocycles. The molecular weight excluding hydrogens is 453 g/mol. The minimum atomic E-state index is -0.502. The predicted octanol–water partition coefficient (Wildman–Crippen LogP) is 2.96. The Bertz CT molecular complexity index is 1230. The Hall–Kier alpha value is -3.63. The van der Waals surface area contributed by atoms with Crippen LogP contribution in [0.1, 0.15) is 16.1 Å². The molecule has 184 valence electrons. The van der Waals surface area contributed by atoms with E-state index in [0.717, 1.165) is 24.3 Å². The number of amides is 1. The minimum absolute atomic E-state index is 0.0569. The van der Waals surface area contributed by atoms with Crippen molar-refractivity contribution in [3.05, 3.63) is 53.7 Å². The number of H-pyrrole nitrogens is 1. The third-order valence-corrected chi connectivity index (χ3v) is 6.22. The molecule has 4 heterocycles. The van der Waals surface area contributed by atoms with Crippen LogP contribution in [0.15, 0.2) is 36.7 Å². The topological polar surface area (TPSA) is 101 Å². The van der Waals surface area contributed by atoms with E-state index in [9.17, 15) is 9.18 Å². The summed E-state index contributed by atoms with van der Waals surface area (Å²) in [5.74, 6) is -0.0907. The summed E-state index contributed by atoms with van der Waals surface area (Å²) in [6, 6.07) is 6.43. The van der Waals surface area contributed by atoms with E-state index >= 15 is 0 Å². The molecule has 10 heteroatoms. The smallest absolute Gasteiger partial charge is 0.255 e. The molecule has 9 nitrogen and oxygen atoms in total. The summed E-state index contributed by atoms with van der Waals surface area (Å²) in [6.45, 7) is 3.22. The van der Waals surface area contributed by atoms with Gasteiger partial charge in [0.05, 0.1) is 42.5 Å². The first kappa shape index (κ1) is 23.1. The van der Waals surface area contributed by atoms with Crippen LogP contribution in [0, 0.1) is 5.82 Å². The molecule has 0 bridgehead atoms. The molecule has 2 aliphatic heterocycles. The second-order valence-corrected chi connectivity index (χ2v) is 8.62. The number of likely N-dealkylation sites (N-methyl/N-ethyl adjacent to an activating group) is 1. The first-order valence-electron chi connectivity index (χ1n) is 11.5. The summed E-state index contributed by atoms with van der Waals surface area (Å²) in [4.78, 5) is 22.7. The number of fused-ring (bicyclic) bond motifs is 1. The van der Waals surface area contributed by atoms with Gasteiger partial charge in [0.25, 0.3) is 5.91 Å². The van der Waals surface area contributed by atoms with Gasteiger partial charge in [0.2, 0.25) is 0 Å². The highest BCUT2D eigenvalue weighted by Crippen LogP contribution is 2.42. The van der Waals surface area contributed by atoms with Gasteiger partial charge < -0.3 is 34.7 Å². The molecule has 35 heavy (non-hydrogen) atoms. The summed E-state index contributed by atoms with van der Waals surface area (Å²) in [5, 5.41) is 6.13. The van der Waals surface area contributed by atoms with E-state index in [1.165, 1.54) is 13.2 Å². The highest BCUT2D eigenvalue weighted by atomic mass is 19.1. The summed E-state index contributed by atoms with van der Waals surface area (Å²) < 4.78 is 31.7. The number of morpholine rings is 1. The Kier molecular flexibility index (Phi) is 6.56. The van der Waals surface area contributed by atoms with Crippen molar-refractivity contribution in [3.63, 3.8) is 0 Å². The van der Waals surface area contributed by atoms with Crippen molar-refractivity contribution < 1.29 is 23.4 Å². The average Bonchev–Trinajstić information content (AvgIpc) is 3.22. The summed E-state index contributed by atoms with van der Waals surface area (Å²) in [7, 11) is 3.46. The number of ether oxygens (including phenoxy) is 3. The van der Waals surface area contributed by atoms with Crippen LogP contribution in [0.3, 0.4) is 0 Å². The van der Waals surface area contributed by atoms with Gasteiger partial charge in [-0.3, -0.25) is 9.78 Å². The van der Waals surface area contributed by atoms with Crippen molar-refractivity contribution in [2.24, 2.45) is 0 Å². The lowest BCUT2D eigenvalue weighted by Gasteiger charge is -2.30. The quantitative estimate of drug-likeness (QED) is 0.477. The summed E-state index contributed by atoms with van der Waals surface area (Å²) in [6.07, 6.45) is 3.89. The van der Waals surface area contributed by atoms with E-state index in [2.05, 4.69) is 32.5 Å². The highest BCUT2D eigenvalue weighted by molar-refractivity contribution is 6.06. The van der Waals surface area contributed by atoms with Crippen molar-refractivity contribution in [2.45, 2.75) is 12.5 Å². The van der Waals surface area contributed by atoms with Gasteiger partial charge in [0, 0.05) is 43.5 Å². The molecule has 1 atom stereocenters. The number of aromatic amines is 1. The zero-order chi connectivity index (χ0) is 24.4. The largest absolute Gasteiger partial charge is 0.492 e. The van der Waals surface area contributed by atoms with E-state index in [1.54, 1.807) is 24.5 Å². The lowest BCUT2D eigenvalue weighted by Crippen LogP contribution is -2.42. The maximum Gasteiger partial charge on any atom is 0.255 e. The number of carbonyl (C=O) groups is 1. The number of anilines is 2. The third-order valence-electron chi connectivity index (χ3n) is 6.22. The van der Waals surface area contributed by atoms with E-state index in [-0.39, 0.29) is 17.8 Å². The first-order valence-corrected chi connectivity index (χ1v) is 11.5. The molecule has 3 aromatic rings. The van der Waals surface area contributed by atoms with Gasteiger partial charge in [0.15, 0.2) is 11.6 Å². The number of carbonyl (C=O) groups excluding carboxylic acids is 1. The molecule has 5 rings (SSSR count). The number of halogens is 1. The van der Waals surface area contributed by atoms with Gasteiger partial charge in [-0.25, -0.2) is 4.39 Å². The molecule has 0 radical (unpaired) electrons. The van der Waals surface area contributed by atoms with Crippen molar-refractivity contribution in [3.8, 4) is 22.8 Å². The maximum absolute atomic E-state index is 14.4. The van der Waals surface area contributed by atoms with Crippen molar-refractivity contribution in [1.29, 1.82) is 0 Å². The molecule has 3 N–H and O–H groups in total. The van der Waals surface area contributed by atoms with E-state index in [0.29, 0.717) is 54.6 Å². The van der Waals surface area contributed by atoms with Crippen LogP contribution in [-0.2, 0) is 11.2 Å². The molecule has 1 fully saturated rings. The second kappa shape index (κ2) is 9.93. The fourth-order valence-electron chi connectivity index (χ4n) is 4.51. The molecule has 0 spiro atoms. The van der Waals surface area contributed by atoms with Crippen LogP contribution >= 0.6 is 0 Å². The van der Waals surface area contributed by atoms with Gasteiger partial charge in [0.1, 0.15) is 18.5 Å². The molecular formula is C25H28FN5O4. The van der Waals surface area contributed by atoms with Crippen LogP contribution in [0.2, 0.25) is 0 Å². The molecule has 0 saturated carbocycles. The highest BCUT2D eigenvalue weighted by Gasteiger charge is 2.29. The lowest BCUT2D eigenvalue weighted by molar-refractivity contribution is -0.0403. The predicted molar refractivity (Wildman–Crippen MR) is 129 cm³/mol. The van der Waals surface area contributed by atoms with Crippen LogP contribution in [0.4, 0.5) is 15.8 Å².